The molecule has 0 saturated carbocycles. The minimum absolute atomic E-state index is 0.487. The third-order valence-electron chi connectivity index (χ3n) is 4.76. The van der Waals surface area contributed by atoms with Crippen molar-refractivity contribution in [2.24, 2.45) is 0 Å². The molecule has 1 saturated heterocycles. The lowest BCUT2D eigenvalue weighted by Crippen LogP contribution is -2.47. The van der Waals surface area contributed by atoms with E-state index in [1.165, 1.54) is 6.33 Å². The highest BCUT2D eigenvalue weighted by Crippen LogP contribution is 2.29. The standard InChI is InChI=1S/C19H24N8/c1-13-6-7-14-4-3-5-15(17(14)23-13)24-18-16(20)19(22-12-21-18)25-27-10-8-26(2)9-11-27/h3-7,12H,8-11,20H2,1-2H3,(H2,21,22,24,25). The first kappa shape index (κ1) is 17.4. The summed E-state index contributed by atoms with van der Waals surface area (Å²) in [5.74, 6) is 1.18. The number of nitrogens with one attached hydrogen (secondary N) is 2. The van der Waals surface area contributed by atoms with Crippen LogP contribution < -0.4 is 16.5 Å². The van der Waals surface area contributed by atoms with Gasteiger partial charge in [0.05, 0.1) is 11.2 Å². The van der Waals surface area contributed by atoms with Crippen molar-refractivity contribution >= 4 is 33.9 Å². The average Bonchev–Trinajstić information content (AvgIpc) is 2.67. The van der Waals surface area contributed by atoms with Crippen LogP contribution in [0.1, 0.15) is 5.69 Å². The molecule has 4 N–H and O–H groups in total. The number of hydrogen-bond acceptors (Lipinski definition) is 8. The maximum absolute atomic E-state index is 6.34. The van der Waals surface area contributed by atoms with Gasteiger partial charge in [0, 0.05) is 37.3 Å². The summed E-state index contributed by atoms with van der Waals surface area (Å²) in [5, 5.41) is 6.52. The predicted molar refractivity (Wildman–Crippen MR) is 109 cm³/mol. The Morgan fingerprint density at radius 1 is 1.00 bits per heavy atom. The number of hydrogen-bond donors (Lipinski definition) is 3. The molecule has 0 unspecified atom stereocenters. The van der Waals surface area contributed by atoms with Gasteiger partial charge >= 0.3 is 0 Å². The molecule has 2 aromatic heterocycles. The molecule has 0 atom stereocenters. The molecule has 1 aromatic carbocycles. The largest absolute Gasteiger partial charge is 0.393 e. The monoisotopic (exact) mass is 364 g/mol. The number of anilines is 4. The Morgan fingerprint density at radius 2 is 1.78 bits per heavy atom. The van der Waals surface area contributed by atoms with Crippen LogP contribution in [0, 0.1) is 6.92 Å². The van der Waals surface area contributed by atoms with E-state index in [1.807, 2.05) is 31.2 Å². The molecule has 140 valence electrons. The number of nitrogens with zero attached hydrogens (tertiary/aromatic N) is 5. The van der Waals surface area contributed by atoms with Crippen molar-refractivity contribution in [2.45, 2.75) is 6.92 Å². The van der Waals surface area contributed by atoms with Crippen LogP contribution in [0.5, 0.6) is 0 Å². The van der Waals surface area contributed by atoms with E-state index in [0.717, 1.165) is 48.5 Å². The van der Waals surface area contributed by atoms with Gasteiger partial charge in [-0.25, -0.2) is 15.0 Å². The quantitative estimate of drug-likeness (QED) is 0.649. The number of aromatic nitrogens is 3. The summed E-state index contributed by atoms with van der Waals surface area (Å²) in [5.41, 5.74) is 12.9. The number of piperazine rings is 1. The Kier molecular flexibility index (Phi) is 4.74. The molecule has 1 aliphatic rings. The number of fused-ring (bicyclic) bond motifs is 1. The van der Waals surface area contributed by atoms with Crippen molar-refractivity contribution < 1.29 is 0 Å². The highest BCUT2D eigenvalue weighted by atomic mass is 15.5. The van der Waals surface area contributed by atoms with Gasteiger partial charge in [0.2, 0.25) is 0 Å². The molecule has 0 radical (unpaired) electrons. The SMILES string of the molecule is Cc1ccc2cccc(Nc3ncnc(NN4CCN(C)CC4)c3N)c2n1. The van der Waals surface area contributed by atoms with Gasteiger partial charge in [-0.1, -0.05) is 18.2 Å². The Hall–Kier alpha value is -2.97. The molecule has 4 rings (SSSR count). The smallest absolute Gasteiger partial charge is 0.169 e. The molecule has 0 aliphatic carbocycles. The van der Waals surface area contributed by atoms with E-state index in [0.29, 0.717) is 17.3 Å². The van der Waals surface area contributed by atoms with Crippen LogP contribution in [0.15, 0.2) is 36.7 Å². The van der Waals surface area contributed by atoms with Crippen LogP contribution in [0.2, 0.25) is 0 Å². The molecular weight excluding hydrogens is 340 g/mol. The number of nitrogen functional groups attached to an aromatic ring is 1. The van der Waals surface area contributed by atoms with E-state index in [9.17, 15) is 0 Å². The second-order valence-corrected chi connectivity index (χ2v) is 6.84. The van der Waals surface area contributed by atoms with E-state index in [2.05, 4.69) is 48.7 Å². The first-order chi connectivity index (χ1) is 13.1. The van der Waals surface area contributed by atoms with Crippen molar-refractivity contribution in [1.29, 1.82) is 0 Å². The van der Waals surface area contributed by atoms with Crippen molar-refractivity contribution in [2.75, 3.05) is 49.7 Å². The summed E-state index contributed by atoms with van der Waals surface area (Å²) >= 11 is 0. The molecule has 1 fully saturated rings. The molecule has 8 heteroatoms. The van der Waals surface area contributed by atoms with Crippen LogP contribution in [-0.2, 0) is 0 Å². The van der Waals surface area contributed by atoms with Crippen molar-refractivity contribution in [3.05, 3.63) is 42.4 Å². The first-order valence-corrected chi connectivity index (χ1v) is 9.04. The lowest BCUT2D eigenvalue weighted by Gasteiger charge is -2.33. The van der Waals surface area contributed by atoms with Crippen molar-refractivity contribution in [3.8, 4) is 0 Å². The van der Waals surface area contributed by atoms with E-state index >= 15 is 0 Å². The number of hydrazine groups is 1. The van der Waals surface area contributed by atoms with Crippen LogP contribution in [-0.4, -0.2) is 58.1 Å². The second kappa shape index (κ2) is 7.34. The molecular formula is C19H24N8. The highest BCUT2D eigenvalue weighted by molar-refractivity contribution is 5.93. The third kappa shape index (κ3) is 3.76. The zero-order chi connectivity index (χ0) is 18.8. The molecule has 3 heterocycles. The van der Waals surface area contributed by atoms with Crippen LogP contribution in [0.4, 0.5) is 23.0 Å². The average molecular weight is 364 g/mol. The van der Waals surface area contributed by atoms with E-state index in [-0.39, 0.29) is 0 Å². The summed E-state index contributed by atoms with van der Waals surface area (Å²) in [7, 11) is 2.12. The normalized spacial score (nSPS) is 15.8. The van der Waals surface area contributed by atoms with Gasteiger partial charge in [0.25, 0.3) is 0 Å². The van der Waals surface area contributed by atoms with Gasteiger partial charge in [-0.3, -0.25) is 4.98 Å². The van der Waals surface area contributed by atoms with Gasteiger partial charge in [-0.2, -0.15) is 0 Å². The fourth-order valence-electron chi connectivity index (χ4n) is 3.13. The highest BCUT2D eigenvalue weighted by Gasteiger charge is 2.17. The van der Waals surface area contributed by atoms with Gasteiger partial charge < -0.3 is 21.4 Å². The van der Waals surface area contributed by atoms with E-state index in [4.69, 9.17) is 5.73 Å². The predicted octanol–water partition coefficient (Wildman–Crippen LogP) is 2.23. The van der Waals surface area contributed by atoms with Crippen molar-refractivity contribution in [1.82, 2.24) is 24.9 Å². The first-order valence-electron chi connectivity index (χ1n) is 9.04. The molecule has 0 spiro atoms. The number of nitrogens with two attached hydrogens (primary N) is 1. The number of para-hydroxylation sites is 1. The maximum Gasteiger partial charge on any atom is 0.169 e. The Labute approximate surface area is 158 Å². The minimum Gasteiger partial charge on any atom is -0.393 e. The van der Waals surface area contributed by atoms with Gasteiger partial charge in [-0.05, 0) is 26.1 Å². The Morgan fingerprint density at radius 3 is 2.59 bits per heavy atom. The lowest BCUT2D eigenvalue weighted by atomic mass is 10.1. The van der Waals surface area contributed by atoms with Crippen LogP contribution in [0.3, 0.4) is 0 Å². The number of benzene rings is 1. The number of pyridine rings is 1. The zero-order valence-corrected chi connectivity index (χ0v) is 15.6. The second-order valence-electron chi connectivity index (χ2n) is 6.84. The molecule has 0 amide bonds. The molecule has 1 aliphatic heterocycles. The fraction of sp³-hybridized carbons (Fsp3) is 0.316. The Bertz CT molecular complexity index is 950. The van der Waals surface area contributed by atoms with Crippen LogP contribution in [0.25, 0.3) is 10.9 Å². The van der Waals surface area contributed by atoms with Gasteiger partial charge in [0.15, 0.2) is 11.6 Å². The van der Waals surface area contributed by atoms with Crippen LogP contribution >= 0.6 is 0 Å². The van der Waals surface area contributed by atoms with Gasteiger partial charge in [0.1, 0.15) is 12.0 Å². The number of rotatable bonds is 4. The van der Waals surface area contributed by atoms with E-state index < -0.39 is 0 Å². The maximum atomic E-state index is 6.34. The van der Waals surface area contributed by atoms with E-state index in [1.54, 1.807) is 0 Å². The summed E-state index contributed by atoms with van der Waals surface area (Å²) in [6.07, 6.45) is 1.51. The molecule has 8 nitrogen and oxygen atoms in total. The van der Waals surface area contributed by atoms with Gasteiger partial charge in [-0.15, -0.1) is 0 Å². The minimum atomic E-state index is 0.487. The summed E-state index contributed by atoms with van der Waals surface area (Å²) in [6.45, 7) is 5.81. The lowest BCUT2D eigenvalue weighted by molar-refractivity contribution is 0.178. The third-order valence-corrected chi connectivity index (χ3v) is 4.76. The number of likely N-dealkylation sites (N-methyl/N-ethyl adjacent to an activating group) is 1. The molecule has 0 bridgehead atoms. The topological polar surface area (TPSA) is 95.2 Å². The summed E-state index contributed by atoms with van der Waals surface area (Å²) in [4.78, 5) is 15.6. The van der Waals surface area contributed by atoms with Crippen molar-refractivity contribution in [3.63, 3.8) is 0 Å². The molecule has 27 heavy (non-hydrogen) atoms. The number of aryl methyl sites for hydroxylation is 1. The Balaban J connectivity index is 1.59. The summed E-state index contributed by atoms with van der Waals surface area (Å²) < 4.78 is 0. The zero-order valence-electron chi connectivity index (χ0n) is 15.6. The summed E-state index contributed by atoms with van der Waals surface area (Å²) in [6, 6.07) is 10.1. The molecule has 3 aromatic rings. The fourth-order valence-corrected chi connectivity index (χ4v) is 3.13.